The number of urea groups is 1. The Morgan fingerprint density at radius 3 is 2.92 bits per heavy atom. The fourth-order valence-corrected chi connectivity index (χ4v) is 3.72. The zero-order chi connectivity index (χ0) is 17.9. The van der Waals surface area contributed by atoms with Gasteiger partial charge in [-0.15, -0.1) is 0 Å². The molecule has 0 spiro atoms. The van der Waals surface area contributed by atoms with Crippen molar-refractivity contribution in [1.82, 2.24) is 15.2 Å². The number of nitrogens with zero attached hydrogens (tertiary/aromatic N) is 2. The molecule has 1 atom stereocenters. The van der Waals surface area contributed by atoms with Crippen LogP contribution in [-0.2, 0) is 11.3 Å². The van der Waals surface area contributed by atoms with Crippen LogP contribution in [0.2, 0.25) is 0 Å². The van der Waals surface area contributed by atoms with E-state index in [0.717, 1.165) is 18.4 Å². The fourth-order valence-electron chi connectivity index (χ4n) is 3.72. The highest BCUT2D eigenvalue weighted by Crippen LogP contribution is 2.25. The maximum absolute atomic E-state index is 12.6. The van der Waals surface area contributed by atoms with Crippen LogP contribution in [0.15, 0.2) is 18.3 Å². The lowest BCUT2D eigenvalue weighted by molar-refractivity contribution is -0.117. The van der Waals surface area contributed by atoms with Gasteiger partial charge in [0.15, 0.2) is 0 Å². The van der Waals surface area contributed by atoms with E-state index in [-0.39, 0.29) is 23.8 Å². The van der Waals surface area contributed by atoms with Crippen molar-refractivity contribution in [2.24, 2.45) is 0 Å². The maximum Gasteiger partial charge on any atom is 0.317 e. The number of nitrogens with one attached hydrogen (secondary N) is 1. The minimum Gasteiger partial charge on any atom is -0.474 e. The van der Waals surface area contributed by atoms with E-state index < -0.39 is 0 Å². The number of ether oxygens (including phenoxy) is 2. The summed E-state index contributed by atoms with van der Waals surface area (Å²) in [4.78, 5) is 18.7. The lowest BCUT2D eigenvalue weighted by Gasteiger charge is -2.41. The zero-order valence-corrected chi connectivity index (χ0v) is 15.5. The average Bonchev–Trinajstić information content (AvgIpc) is 3.05. The predicted molar refractivity (Wildman–Crippen MR) is 95.6 cm³/mol. The predicted octanol–water partition coefficient (Wildman–Crippen LogP) is 3.11. The molecular weight excluding hydrogens is 318 g/mol. The molecule has 1 aliphatic heterocycles. The quantitative estimate of drug-likeness (QED) is 0.909. The van der Waals surface area contributed by atoms with Crippen LogP contribution in [0.5, 0.6) is 5.88 Å². The number of morpholine rings is 1. The Balaban J connectivity index is 1.58. The van der Waals surface area contributed by atoms with E-state index in [2.05, 4.69) is 10.3 Å². The Bertz CT molecular complexity index is 599. The molecule has 1 aromatic heterocycles. The number of hydrogen-bond acceptors (Lipinski definition) is 4. The smallest absolute Gasteiger partial charge is 0.317 e. The van der Waals surface area contributed by atoms with E-state index in [9.17, 15) is 4.79 Å². The lowest BCUT2D eigenvalue weighted by Crippen LogP contribution is -2.56. The monoisotopic (exact) mass is 347 g/mol. The van der Waals surface area contributed by atoms with E-state index in [4.69, 9.17) is 9.47 Å². The maximum atomic E-state index is 12.6. The number of aromatic nitrogens is 1. The van der Waals surface area contributed by atoms with Crippen LogP contribution in [0, 0.1) is 0 Å². The second kappa shape index (κ2) is 7.60. The Hall–Kier alpha value is -1.82. The van der Waals surface area contributed by atoms with E-state index in [1.807, 2.05) is 37.8 Å². The largest absolute Gasteiger partial charge is 0.474 e. The van der Waals surface area contributed by atoms with Crippen LogP contribution in [0.25, 0.3) is 0 Å². The van der Waals surface area contributed by atoms with E-state index in [1.54, 1.807) is 6.20 Å². The molecule has 1 saturated heterocycles. The summed E-state index contributed by atoms with van der Waals surface area (Å²) in [6.45, 7) is 7.63. The Morgan fingerprint density at radius 1 is 1.44 bits per heavy atom. The SMILES string of the molecule is CC1CN(C(=O)NCc2cccnc2OC2CCCC2)CC(C)(C)O1. The van der Waals surface area contributed by atoms with Crippen LogP contribution in [0.1, 0.15) is 52.0 Å². The number of rotatable bonds is 4. The molecule has 3 rings (SSSR count). The van der Waals surface area contributed by atoms with Gasteiger partial charge in [-0.2, -0.15) is 0 Å². The minimum atomic E-state index is -0.319. The summed E-state index contributed by atoms with van der Waals surface area (Å²) in [7, 11) is 0. The van der Waals surface area contributed by atoms with Crippen LogP contribution in [0.4, 0.5) is 4.79 Å². The van der Waals surface area contributed by atoms with Crippen molar-refractivity contribution in [2.45, 2.75) is 70.8 Å². The summed E-state index contributed by atoms with van der Waals surface area (Å²) in [5.74, 6) is 0.644. The third-order valence-corrected chi connectivity index (χ3v) is 4.72. The molecular formula is C19H29N3O3. The summed E-state index contributed by atoms with van der Waals surface area (Å²) in [5, 5.41) is 3.00. The van der Waals surface area contributed by atoms with Gasteiger partial charge in [-0.3, -0.25) is 0 Å². The van der Waals surface area contributed by atoms with Gasteiger partial charge in [-0.05, 0) is 52.5 Å². The van der Waals surface area contributed by atoms with Crippen LogP contribution >= 0.6 is 0 Å². The molecule has 2 aliphatic rings. The van der Waals surface area contributed by atoms with Gasteiger partial charge in [0, 0.05) is 24.8 Å². The Kier molecular flexibility index (Phi) is 5.47. The van der Waals surface area contributed by atoms with Gasteiger partial charge in [0.2, 0.25) is 5.88 Å². The summed E-state index contributed by atoms with van der Waals surface area (Å²) in [6.07, 6.45) is 6.64. The first-order valence-corrected chi connectivity index (χ1v) is 9.24. The molecule has 1 aromatic rings. The van der Waals surface area contributed by atoms with Gasteiger partial charge in [-0.25, -0.2) is 9.78 Å². The van der Waals surface area contributed by atoms with Crippen molar-refractivity contribution in [1.29, 1.82) is 0 Å². The molecule has 138 valence electrons. The zero-order valence-electron chi connectivity index (χ0n) is 15.5. The topological polar surface area (TPSA) is 63.7 Å². The number of carbonyl (C=O) groups excluding carboxylic acids is 1. The van der Waals surface area contributed by atoms with Crippen molar-refractivity contribution in [3.63, 3.8) is 0 Å². The van der Waals surface area contributed by atoms with Gasteiger partial charge < -0.3 is 19.7 Å². The molecule has 2 fully saturated rings. The van der Waals surface area contributed by atoms with Crippen LogP contribution < -0.4 is 10.1 Å². The first kappa shape index (κ1) is 18.0. The molecule has 2 amide bonds. The molecule has 6 heteroatoms. The van der Waals surface area contributed by atoms with E-state index >= 15 is 0 Å². The molecule has 6 nitrogen and oxygen atoms in total. The molecule has 2 heterocycles. The standard InChI is InChI=1S/C19H29N3O3/c1-14-12-22(13-19(2,3)25-14)18(23)21-11-15-7-6-10-20-17(15)24-16-8-4-5-9-16/h6-7,10,14,16H,4-5,8-9,11-13H2,1-3H3,(H,21,23). The van der Waals surface area contributed by atoms with Gasteiger partial charge in [0.05, 0.1) is 18.2 Å². The van der Waals surface area contributed by atoms with Crippen LogP contribution in [-0.4, -0.2) is 46.8 Å². The summed E-state index contributed by atoms with van der Waals surface area (Å²) >= 11 is 0. The molecule has 1 N–H and O–H groups in total. The summed E-state index contributed by atoms with van der Waals surface area (Å²) < 4.78 is 11.9. The molecule has 0 radical (unpaired) electrons. The normalized spacial score (nSPS) is 23.5. The molecule has 1 unspecified atom stereocenters. The van der Waals surface area contributed by atoms with Crippen molar-refractivity contribution in [2.75, 3.05) is 13.1 Å². The molecule has 25 heavy (non-hydrogen) atoms. The molecule has 1 aliphatic carbocycles. The Labute approximate surface area is 149 Å². The lowest BCUT2D eigenvalue weighted by atomic mass is 10.1. The Morgan fingerprint density at radius 2 is 2.20 bits per heavy atom. The third-order valence-electron chi connectivity index (χ3n) is 4.72. The fraction of sp³-hybridized carbons (Fsp3) is 0.684. The minimum absolute atomic E-state index is 0.0363. The average molecular weight is 347 g/mol. The van der Waals surface area contributed by atoms with E-state index in [0.29, 0.717) is 25.5 Å². The van der Waals surface area contributed by atoms with Crippen molar-refractivity contribution in [3.8, 4) is 5.88 Å². The van der Waals surface area contributed by atoms with E-state index in [1.165, 1.54) is 12.8 Å². The first-order valence-electron chi connectivity index (χ1n) is 9.24. The molecule has 0 aromatic carbocycles. The number of amides is 2. The van der Waals surface area contributed by atoms with Crippen molar-refractivity contribution >= 4 is 6.03 Å². The number of carbonyl (C=O) groups is 1. The second-order valence-corrected chi connectivity index (χ2v) is 7.72. The number of hydrogen-bond donors (Lipinski definition) is 1. The highest BCUT2D eigenvalue weighted by Gasteiger charge is 2.33. The number of pyridine rings is 1. The highest BCUT2D eigenvalue weighted by atomic mass is 16.5. The summed E-state index contributed by atoms with van der Waals surface area (Å²) in [6, 6.07) is 3.77. The molecule has 1 saturated carbocycles. The van der Waals surface area contributed by atoms with Gasteiger partial charge >= 0.3 is 6.03 Å². The third kappa shape index (κ3) is 4.84. The van der Waals surface area contributed by atoms with Crippen molar-refractivity contribution < 1.29 is 14.3 Å². The van der Waals surface area contributed by atoms with Crippen LogP contribution in [0.3, 0.4) is 0 Å². The van der Waals surface area contributed by atoms with Gasteiger partial charge in [-0.1, -0.05) is 6.07 Å². The summed E-state index contributed by atoms with van der Waals surface area (Å²) in [5.41, 5.74) is 0.600. The second-order valence-electron chi connectivity index (χ2n) is 7.72. The van der Waals surface area contributed by atoms with Gasteiger partial charge in [0.1, 0.15) is 6.10 Å². The van der Waals surface area contributed by atoms with Gasteiger partial charge in [0.25, 0.3) is 0 Å². The first-order chi connectivity index (χ1) is 11.9. The molecule has 0 bridgehead atoms. The highest BCUT2D eigenvalue weighted by molar-refractivity contribution is 5.74. The van der Waals surface area contributed by atoms with Crippen molar-refractivity contribution in [3.05, 3.63) is 23.9 Å².